The third-order valence-electron chi connectivity index (χ3n) is 11.1. The lowest BCUT2D eigenvalue weighted by atomic mass is 9.89. The largest absolute Gasteiger partial charge is 0.310 e. The van der Waals surface area contributed by atoms with E-state index in [1.807, 2.05) is 0 Å². The molecule has 0 saturated heterocycles. The lowest BCUT2D eigenvalue weighted by Gasteiger charge is -2.28. The van der Waals surface area contributed by atoms with E-state index in [0.29, 0.717) is 0 Å². The highest BCUT2D eigenvalue weighted by Gasteiger charge is 2.19. The van der Waals surface area contributed by atoms with Crippen LogP contribution in [0.15, 0.2) is 237 Å². The summed E-state index contributed by atoms with van der Waals surface area (Å²) in [5.74, 6) is 0. The van der Waals surface area contributed by atoms with Crippen LogP contribution in [0, 0.1) is 0 Å². The highest BCUT2D eigenvalue weighted by Crippen LogP contribution is 2.44. The molecule has 0 fully saturated rings. The third-order valence-corrected chi connectivity index (χ3v) is 11.1. The van der Waals surface area contributed by atoms with Crippen LogP contribution in [-0.2, 0) is 0 Å². The summed E-state index contributed by atoms with van der Waals surface area (Å²) in [7, 11) is 0. The standard InChI is InChI=1S/C56H39N/c1-3-14-43(15-4-1)52-22-11-12-25-55(52)57(48-35-30-41(31-36-48)40-26-28-46(29-27-40)51-24-13-20-42-18-7-9-21-50(42)51)49-37-32-47(33-38-49)56-53-23-10-8-19-45(53)34-39-54(56)44-16-5-2-6-17-44/h1-39H. The maximum atomic E-state index is 2.39. The van der Waals surface area contributed by atoms with Gasteiger partial charge in [0.25, 0.3) is 0 Å². The summed E-state index contributed by atoms with van der Waals surface area (Å²) in [6, 6.07) is 85.5. The summed E-state index contributed by atoms with van der Waals surface area (Å²) >= 11 is 0. The van der Waals surface area contributed by atoms with Gasteiger partial charge in [-0.2, -0.15) is 0 Å². The highest BCUT2D eigenvalue weighted by molar-refractivity contribution is 6.04. The normalized spacial score (nSPS) is 11.2. The third kappa shape index (κ3) is 6.56. The predicted molar refractivity (Wildman–Crippen MR) is 243 cm³/mol. The molecule has 0 N–H and O–H groups in total. The van der Waals surface area contributed by atoms with Crippen molar-refractivity contribution in [2.75, 3.05) is 4.90 Å². The number of fused-ring (bicyclic) bond motifs is 2. The van der Waals surface area contributed by atoms with E-state index in [1.165, 1.54) is 77.2 Å². The summed E-state index contributed by atoms with van der Waals surface area (Å²) in [5, 5.41) is 5.01. The van der Waals surface area contributed by atoms with Crippen molar-refractivity contribution < 1.29 is 0 Å². The molecule has 0 aromatic heterocycles. The summed E-state index contributed by atoms with van der Waals surface area (Å²) in [4.78, 5) is 2.39. The minimum atomic E-state index is 1.09. The van der Waals surface area contributed by atoms with Crippen molar-refractivity contribution in [3.63, 3.8) is 0 Å². The van der Waals surface area contributed by atoms with E-state index >= 15 is 0 Å². The van der Waals surface area contributed by atoms with Gasteiger partial charge < -0.3 is 4.90 Å². The van der Waals surface area contributed by atoms with Crippen LogP contribution >= 0.6 is 0 Å². The van der Waals surface area contributed by atoms with Crippen LogP contribution in [0.25, 0.3) is 77.2 Å². The van der Waals surface area contributed by atoms with Gasteiger partial charge in [-0.15, -0.1) is 0 Å². The van der Waals surface area contributed by atoms with Crippen LogP contribution in [0.5, 0.6) is 0 Å². The first-order valence-corrected chi connectivity index (χ1v) is 19.6. The molecule has 0 spiro atoms. The average Bonchev–Trinajstić information content (AvgIpc) is 3.30. The average molecular weight is 726 g/mol. The maximum Gasteiger partial charge on any atom is 0.0540 e. The molecule has 0 aliphatic heterocycles. The molecule has 0 amide bonds. The quantitative estimate of drug-likeness (QED) is 0.151. The molecule has 10 rings (SSSR count). The Bertz CT molecular complexity index is 2960. The highest BCUT2D eigenvalue weighted by atomic mass is 15.1. The van der Waals surface area contributed by atoms with Gasteiger partial charge in [0.2, 0.25) is 0 Å². The molecular weight excluding hydrogens is 687 g/mol. The van der Waals surface area contributed by atoms with Crippen molar-refractivity contribution in [1.29, 1.82) is 0 Å². The van der Waals surface area contributed by atoms with Crippen molar-refractivity contribution in [1.82, 2.24) is 0 Å². The molecule has 0 atom stereocenters. The number of anilines is 3. The number of benzene rings is 10. The van der Waals surface area contributed by atoms with Crippen molar-refractivity contribution in [2.24, 2.45) is 0 Å². The first-order chi connectivity index (χ1) is 28.3. The Hall–Kier alpha value is -7.48. The summed E-state index contributed by atoms with van der Waals surface area (Å²) in [6.45, 7) is 0. The summed E-state index contributed by atoms with van der Waals surface area (Å²) in [5.41, 5.74) is 15.4. The molecule has 268 valence electrons. The Morgan fingerprint density at radius 3 is 1.33 bits per heavy atom. The van der Waals surface area contributed by atoms with E-state index in [9.17, 15) is 0 Å². The first kappa shape index (κ1) is 34.0. The number of hydrogen-bond acceptors (Lipinski definition) is 1. The molecule has 0 aliphatic carbocycles. The molecule has 10 aromatic carbocycles. The molecular formula is C56H39N. The molecule has 0 radical (unpaired) electrons. The van der Waals surface area contributed by atoms with Crippen molar-refractivity contribution in [3.05, 3.63) is 237 Å². The second-order valence-corrected chi connectivity index (χ2v) is 14.5. The van der Waals surface area contributed by atoms with Gasteiger partial charge in [0.05, 0.1) is 5.69 Å². The zero-order chi connectivity index (χ0) is 38.0. The van der Waals surface area contributed by atoms with Gasteiger partial charge in [0.1, 0.15) is 0 Å². The molecule has 57 heavy (non-hydrogen) atoms. The number of para-hydroxylation sites is 1. The molecule has 0 heterocycles. The van der Waals surface area contributed by atoms with Gasteiger partial charge in [-0.05, 0) is 102 Å². The fourth-order valence-corrected chi connectivity index (χ4v) is 8.30. The van der Waals surface area contributed by atoms with Gasteiger partial charge in [0.15, 0.2) is 0 Å². The Morgan fingerprint density at radius 2 is 0.667 bits per heavy atom. The number of rotatable bonds is 8. The SMILES string of the molecule is c1ccc(-c2ccccc2N(c2ccc(-c3ccc(-c4cccc5ccccc45)cc3)cc2)c2ccc(-c3c(-c4ccccc4)ccc4ccccc34)cc2)cc1. The Balaban J connectivity index is 1.05. The van der Waals surface area contributed by atoms with E-state index in [-0.39, 0.29) is 0 Å². The lowest BCUT2D eigenvalue weighted by molar-refractivity contribution is 1.28. The van der Waals surface area contributed by atoms with Crippen LogP contribution in [0.3, 0.4) is 0 Å². The van der Waals surface area contributed by atoms with E-state index in [4.69, 9.17) is 0 Å². The Morgan fingerprint density at radius 1 is 0.228 bits per heavy atom. The number of nitrogens with zero attached hydrogens (tertiary/aromatic N) is 1. The van der Waals surface area contributed by atoms with E-state index < -0.39 is 0 Å². The smallest absolute Gasteiger partial charge is 0.0540 e. The Kier molecular flexibility index (Phi) is 8.95. The second kappa shape index (κ2) is 15.0. The zero-order valence-corrected chi connectivity index (χ0v) is 31.5. The summed E-state index contributed by atoms with van der Waals surface area (Å²) in [6.07, 6.45) is 0. The monoisotopic (exact) mass is 725 g/mol. The minimum absolute atomic E-state index is 1.09. The summed E-state index contributed by atoms with van der Waals surface area (Å²) < 4.78 is 0. The van der Waals surface area contributed by atoms with Crippen LogP contribution in [-0.4, -0.2) is 0 Å². The first-order valence-electron chi connectivity index (χ1n) is 19.6. The molecule has 0 bridgehead atoms. The molecule has 1 heteroatoms. The van der Waals surface area contributed by atoms with E-state index in [2.05, 4.69) is 241 Å². The molecule has 10 aromatic rings. The van der Waals surface area contributed by atoms with Gasteiger partial charge >= 0.3 is 0 Å². The zero-order valence-electron chi connectivity index (χ0n) is 31.5. The van der Waals surface area contributed by atoms with Crippen molar-refractivity contribution >= 4 is 38.6 Å². The van der Waals surface area contributed by atoms with Crippen LogP contribution in [0.2, 0.25) is 0 Å². The molecule has 1 nitrogen and oxygen atoms in total. The minimum Gasteiger partial charge on any atom is -0.310 e. The van der Waals surface area contributed by atoms with Gasteiger partial charge in [-0.3, -0.25) is 0 Å². The van der Waals surface area contributed by atoms with Crippen molar-refractivity contribution in [2.45, 2.75) is 0 Å². The number of hydrogen-bond donors (Lipinski definition) is 0. The molecule has 0 saturated carbocycles. The van der Waals surface area contributed by atoms with Crippen LogP contribution < -0.4 is 4.90 Å². The fourth-order valence-electron chi connectivity index (χ4n) is 8.30. The molecule has 0 unspecified atom stereocenters. The molecule has 0 aliphatic rings. The van der Waals surface area contributed by atoms with E-state index in [1.54, 1.807) is 0 Å². The fraction of sp³-hybridized carbons (Fsp3) is 0. The van der Waals surface area contributed by atoms with Crippen LogP contribution in [0.1, 0.15) is 0 Å². The van der Waals surface area contributed by atoms with Gasteiger partial charge in [-0.25, -0.2) is 0 Å². The van der Waals surface area contributed by atoms with E-state index in [0.717, 1.165) is 17.1 Å². The predicted octanol–water partition coefficient (Wildman–Crippen LogP) is 15.8. The lowest BCUT2D eigenvalue weighted by Crippen LogP contribution is -2.11. The van der Waals surface area contributed by atoms with Crippen LogP contribution in [0.4, 0.5) is 17.1 Å². The second-order valence-electron chi connectivity index (χ2n) is 14.5. The van der Waals surface area contributed by atoms with Gasteiger partial charge in [0, 0.05) is 16.9 Å². The van der Waals surface area contributed by atoms with Gasteiger partial charge in [-0.1, -0.05) is 206 Å². The maximum absolute atomic E-state index is 2.39. The topological polar surface area (TPSA) is 3.24 Å². The van der Waals surface area contributed by atoms with Crippen molar-refractivity contribution in [3.8, 4) is 55.6 Å². The Labute approximate surface area is 334 Å².